The second-order valence-electron chi connectivity index (χ2n) is 6.95. The first kappa shape index (κ1) is 20.2. The number of hydrogen-bond donors (Lipinski definition) is 1. The summed E-state index contributed by atoms with van der Waals surface area (Å²) in [7, 11) is 0. The van der Waals surface area contributed by atoms with Crippen LogP contribution in [0, 0.1) is 11.3 Å². The van der Waals surface area contributed by atoms with Crippen LogP contribution in [0.2, 0.25) is 0 Å². The zero-order chi connectivity index (χ0) is 22.0. The van der Waals surface area contributed by atoms with Crippen LogP contribution in [0.25, 0.3) is 33.5 Å². The Morgan fingerprint density at radius 2 is 1.35 bits per heavy atom. The first-order valence-corrected chi connectivity index (χ1v) is 9.41. The molecule has 152 valence electrons. The molecule has 0 fully saturated rings. The summed E-state index contributed by atoms with van der Waals surface area (Å²) in [5, 5.41) is 9.52. The SMILES string of the molecule is N#Cc1c(-c2cccc(C(F)(F)F)c2)cc(-c2ccc(-c3ccccc3)cc2)nc1N. The van der Waals surface area contributed by atoms with Crippen molar-refractivity contribution in [1.82, 2.24) is 4.98 Å². The highest BCUT2D eigenvalue weighted by Crippen LogP contribution is 2.36. The second kappa shape index (κ2) is 7.96. The van der Waals surface area contributed by atoms with E-state index < -0.39 is 11.7 Å². The van der Waals surface area contributed by atoms with Gasteiger partial charge in [0.15, 0.2) is 0 Å². The number of pyridine rings is 1. The van der Waals surface area contributed by atoms with E-state index in [9.17, 15) is 18.4 Å². The molecule has 1 heterocycles. The molecule has 6 heteroatoms. The lowest BCUT2D eigenvalue weighted by Crippen LogP contribution is -2.05. The van der Waals surface area contributed by atoms with Gasteiger partial charge in [-0.15, -0.1) is 0 Å². The van der Waals surface area contributed by atoms with Crippen molar-refractivity contribution in [2.75, 3.05) is 5.73 Å². The number of benzene rings is 3. The molecule has 0 spiro atoms. The quantitative estimate of drug-likeness (QED) is 0.412. The average Bonchev–Trinajstić information content (AvgIpc) is 2.79. The van der Waals surface area contributed by atoms with Gasteiger partial charge in [-0.25, -0.2) is 4.98 Å². The molecule has 0 saturated heterocycles. The van der Waals surface area contributed by atoms with Crippen LogP contribution in [0.5, 0.6) is 0 Å². The summed E-state index contributed by atoms with van der Waals surface area (Å²) in [5.74, 6) is -0.0282. The van der Waals surface area contributed by atoms with Crippen LogP contribution in [0.3, 0.4) is 0 Å². The van der Waals surface area contributed by atoms with Gasteiger partial charge in [0.25, 0.3) is 0 Å². The molecule has 0 bridgehead atoms. The largest absolute Gasteiger partial charge is 0.416 e. The van der Waals surface area contributed by atoms with Gasteiger partial charge in [0.1, 0.15) is 17.5 Å². The molecule has 0 saturated carbocycles. The summed E-state index contributed by atoms with van der Waals surface area (Å²) in [5.41, 5.74) is 9.10. The van der Waals surface area contributed by atoms with Gasteiger partial charge >= 0.3 is 6.18 Å². The zero-order valence-electron chi connectivity index (χ0n) is 16.2. The van der Waals surface area contributed by atoms with E-state index in [1.54, 1.807) is 6.07 Å². The van der Waals surface area contributed by atoms with Crippen molar-refractivity contribution in [3.63, 3.8) is 0 Å². The molecule has 0 atom stereocenters. The third-order valence-electron chi connectivity index (χ3n) is 4.95. The van der Waals surface area contributed by atoms with E-state index in [0.717, 1.165) is 28.8 Å². The van der Waals surface area contributed by atoms with Crippen LogP contribution in [0.1, 0.15) is 11.1 Å². The normalized spacial score (nSPS) is 11.2. The van der Waals surface area contributed by atoms with Crippen molar-refractivity contribution < 1.29 is 13.2 Å². The number of halogens is 3. The third-order valence-corrected chi connectivity index (χ3v) is 4.95. The lowest BCUT2D eigenvalue weighted by atomic mass is 9.96. The summed E-state index contributed by atoms with van der Waals surface area (Å²) in [6.07, 6.45) is -4.49. The predicted octanol–water partition coefficient (Wildman–Crippen LogP) is 6.56. The van der Waals surface area contributed by atoms with E-state index in [1.807, 2.05) is 60.7 Å². The summed E-state index contributed by atoms with van der Waals surface area (Å²) >= 11 is 0. The van der Waals surface area contributed by atoms with Crippen molar-refractivity contribution in [3.8, 4) is 39.6 Å². The summed E-state index contributed by atoms with van der Waals surface area (Å²) < 4.78 is 39.5. The first-order valence-electron chi connectivity index (χ1n) is 9.41. The molecule has 0 aliphatic rings. The molecule has 31 heavy (non-hydrogen) atoms. The fourth-order valence-electron chi connectivity index (χ4n) is 3.38. The summed E-state index contributed by atoms with van der Waals surface area (Å²) in [6, 6.07) is 25.8. The topological polar surface area (TPSA) is 62.7 Å². The zero-order valence-corrected chi connectivity index (χ0v) is 16.2. The molecule has 3 nitrogen and oxygen atoms in total. The molecule has 0 amide bonds. The summed E-state index contributed by atoms with van der Waals surface area (Å²) in [6.45, 7) is 0. The second-order valence-corrected chi connectivity index (χ2v) is 6.95. The minimum absolute atomic E-state index is 0.0282. The van der Waals surface area contributed by atoms with Gasteiger partial charge < -0.3 is 5.73 Å². The Morgan fingerprint density at radius 3 is 2.00 bits per heavy atom. The van der Waals surface area contributed by atoms with Crippen molar-refractivity contribution in [1.29, 1.82) is 5.26 Å². The molecule has 1 aromatic heterocycles. The molecular weight excluding hydrogens is 399 g/mol. The van der Waals surface area contributed by atoms with Crippen molar-refractivity contribution in [3.05, 3.63) is 96.1 Å². The highest BCUT2D eigenvalue weighted by atomic mass is 19.4. The maximum Gasteiger partial charge on any atom is 0.416 e. The number of nitrogens with two attached hydrogens (primary N) is 1. The van der Waals surface area contributed by atoms with Crippen molar-refractivity contribution >= 4 is 5.82 Å². The standard InChI is InChI=1S/C25H16F3N3/c26-25(27,28)20-8-4-7-19(13-20)21-14-23(31-24(30)22(21)15-29)18-11-9-17(10-12-18)16-5-2-1-3-6-16/h1-14H,(H2,30,31). The Balaban J connectivity index is 1.80. The van der Waals surface area contributed by atoms with Crippen LogP contribution >= 0.6 is 0 Å². The number of alkyl halides is 3. The first-order chi connectivity index (χ1) is 14.9. The van der Waals surface area contributed by atoms with Gasteiger partial charge in [-0.05, 0) is 34.9 Å². The van der Waals surface area contributed by atoms with Crippen molar-refractivity contribution in [2.24, 2.45) is 0 Å². The Kier molecular flexibility index (Phi) is 5.18. The Morgan fingerprint density at radius 1 is 0.742 bits per heavy atom. The number of nitrogens with zero attached hydrogens (tertiary/aromatic N) is 2. The van der Waals surface area contributed by atoms with E-state index in [0.29, 0.717) is 11.3 Å². The van der Waals surface area contributed by atoms with Crippen molar-refractivity contribution in [2.45, 2.75) is 6.18 Å². The van der Waals surface area contributed by atoms with E-state index in [2.05, 4.69) is 4.98 Å². The van der Waals surface area contributed by atoms with Crippen LogP contribution < -0.4 is 5.73 Å². The molecule has 3 aromatic carbocycles. The molecule has 0 aliphatic heterocycles. The van der Waals surface area contributed by atoms with E-state index >= 15 is 0 Å². The van der Waals surface area contributed by atoms with E-state index in [1.165, 1.54) is 12.1 Å². The minimum Gasteiger partial charge on any atom is -0.383 e. The lowest BCUT2D eigenvalue weighted by Gasteiger charge is -2.13. The number of rotatable bonds is 3. The van der Waals surface area contributed by atoms with Gasteiger partial charge in [-0.3, -0.25) is 0 Å². The summed E-state index contributed by atoms with van der Waals surface area (Å²) in [4.78, 5) is 4.31. The van der Waals surface area contributed by atoms with Gasteiger partial charge in [-0.2, -0.15) is 18.4 Å². The average molecular weight is 415 g/mol. The van der Waals surface area contributed by atoms with Crippen LogP contribution in [0.15, 0.2) is 84.9 Å². The number of aromatic nitrogens is 1. The molecular formula is C25H16F3N3. The molecule has 4 rings (SSSR count). The monoisotopic (exact) mass is 415 g/mol. The Hall–Kier alpha value is -4.11. The number of nitriles is 1. The highest BCUT2D eigenvalue weighted by Gasteiger charge is 2.30. The maximum atomic E-state index is 13.2. The van der Waals surface area contributed by atoms with Crippen LogP contribution in [-0.4, -0.2) is 4.98 Å². The maximum absolute atomic E-state index is 13.2. The van der Waals surface area contributed by atoms with E-state index in [4.69, 9.17) is 5.73 Å². The van der Waals surface area contributed by atoms with Gasteiger partial charge in [0, 0.05) is 11.1 Å². The van der Waals surface area contributed by atoms with Gasteiger partial charge in [0.2, 0.25) is 0 Å². The van der Waals surface area contributed by atoms with Crippen LogP contribution in [-0.2, 0) is 6.18 Å². The lowest BCUT2D eigenvalue weighted by molar-refractivity contribution is -0.137. The molecule has 0 unspecified atom stereocenters. The number of nitrogen functional groups attached to an aromatic ring is 1. The predicted molar refractivity (Wildman–Crippen MR) is 115 cm³/mol. The smallest absolute Gasteiger partial charge is 0.383 e. The number of hydrogen-bond acceptors (Lipinski definition) is 3. The van der Waals surface area contributed by atoms with Crippen LogP contribution in [0.4, 0.5) is 19.0 Å². The molecule has 0 radical (unpaired) electrons. The molecule has 4 aromatic rings. The fraction of sp³-hybridized carbons (Fsp3) is 0.0400. The number of anilines is 1. The Bertz CT molecular complexity index is 1270. The molecule has 2 N–H and O–H groups in total. The fourth-order valence-corrected chi connectivity index (χ4v) is 3.38. The van der Waals surface area contributed by atoms with Gasteiger partial charge in [0.05, 0.1) is 11.3 Å². The Labute approximate surface area is 177 Å². The third kappa shape index (κ3) is 4.12. The van der Waals surface area contributed by atoms with Gasteiger partial charge in [-0.1, -0.05) is 66.7 Å². The molecule has 0 aliphatic carbocycles. The van der Waals surface area contributed by atoms with E-state index in [-0.39, 0.29) is 16.9 Å². The minimum atomic E-state index is -4.49. The highest BCUT2D eigenvalue weighted by molar-refractivity contribution is 5.81.